The zero-order valence-corrected chi connectivity index (χ0v) is 18.3. The molecule has 0 aliphatic carbocycles. The lowest BCUT2D eigenvalue weighted by molar-refractivity contribution is -0.334. The predicted molar refractivity (Wildman–Crippen MR) is 116 cm³/mol. The Balaban J connectivity index is 2.00. The molecule has 0 aliphatic rings. The fourth-order valence-corrected chi connectivity index (χ4v) is 4.10. The number of aryl methyl sites for hydroxylation is 1. The zero-order chi connectivity index (χ0) is 23.5. The molecule has 0 spiro atoms. The number of aliphatic hydroxyl groups excluding tert-OH is 1. The lowest BCUT2D eigenvalue weighted by atomic mass is 10.0. The summed E-state index contributed by atoms with van der Waals surface area (Å²) in [6, 6.07) is 7.47. The van der Waals surface area contributed by atoms with E-state index in [0.29, 0.717) is 29.2 Å². The smallest absolute Gasteiger partial charge is 0.396 e. The second-order valence-corrected chi connectivity index (χ2v) is 8.34. The van der Waals surface area contributed by atoms with E-state index in [1.54, 1.807) is 6.92 Å². The van der Waals surface area contributed by atoms with Crippen molar-refractivity contribution >= 4 is 33.3 Å². The van der Waals surface area contributed by atoms with Gasteiger partial charge in [0.25, 0.3) is 0 Å². The van der Waals surface area contributed by atoms with Crippen molar-refractivity contribution in [3.63, 3.8) is 0 Å². The third kappa shape index (κ3) is 5.26. The number of thiazole rings is 1. The minimum Gasteiger partial charge on any atom is -0.396 e. The lowest BCUT2D eigenvalue weighted by Gasteiger charge is -2.25. The summed E-state index contributed by atoms with van der Waals surface area (Å²) in [5.74, 6) is -4.55. The molecule has 3 aromatic rings. The molecular formula is C20H24F3N5O3S. The van der Waals surface area contributed by atoms with E-state index < -0.39 is 18.0 Å². The summed E-state index contributed by atoms with van der Waals surface area (Å²) in [5.41, 5.74) is 1.56. The van der Waals surface area contributed by atoms with Crippen LogP contribution < -0.4 is 10.6 Å². The highest BCUT2D eigenvalue weighted by atomic mass is 32.1. The summed E-state index contributed by atoms with van der Waals surface area (Å²) >= 11 is 1.38. The van der Waals surface area contributed by atoms with Crippen molar-refractivity contribution in [1.29, 1.82) is 0 Å². The van der Waals surface area contributed by atoms with Crippen LogP contribution in [-0.4, -0.2) is 55.5 Å². The number of alkyl halides is 3. The molecule has 8 nitrogen and oxygen atoms in total. The van der Waals surface area contributed by atoms with Gasteiger partial charge in [-0.15, -0.1) is 11.3 Å². The first-order valence-electron chi connectivity index (χ1n) is 9.94. The van der Waals surface area contributed by atoms with E-state index in [1.165, 1.54) is 16.7 Å². The molecule has 0 radical (unpaired) electrons. The molecule has 174 valence electrons. The Morgan fingerprint density at radius 1 is 1.12 bits per heavy atom. The Hall–Kier alpha value is -2.54. The number of hydrogen-bond donors (Lipinski definition) is 5. The monoisotopic (exact) mass is 471 g/mol. The fraction of sp³-hybridized carbons (Fsp3) is 0.450. The van der Waals surface area contributed by atoms with Gasteiger partial charge < -0.3 is 20.6 Å². The average Bonchev–Trinajstić information content (AvgIpc) is 3.13. The molecule has 2 aromatic heterocycles. The summed E-state index contributed by atoms with van der Waals surface area (Å²) in [5, 5.41) is 33.3. The van der Waals surface area contributed by atoms with Gasteiger partial charge in [0, 0.05) is 13.2 Å². The number of benzene rings is 1. The van der Waals surface area contributed by atoms with Crippen molar-refractivity contribution < 1.29 is 28.5 Å². The largest absolute Gasteiger partial charge is 0.465 e. The van der Waals surface area contributed by atoms with Crippen LogP contribution in [0.15, 0.2) is 24.3 Å². The van der Waals surface area contributed by atoms with Crippen LogP contribution in [0.5, 0.6) is 0 Å². The van der Waals surface area contributed by atoms with Crippen LogP contribution in [0, 0.1) is 12.8 Å². The van der Waals surface area contributed by atoms with E-state index in [9.17, 15) is 28.5 Å². The Bertz CT molecular complexity index is 1040. The van der Waals surface area contributed by atoms with Gasteiger partial charge in [-0.05, 0) is 31.4 Å². The first kappa shape index (κ1) is 24.1. The van der Waals surface area contributed by atoms with Crippen molar-refractivity contribution in [3.8, 4) is 10.6 Å². The number of nitrogens with zero attached hydrogens (tertiary/aromatic N) is 3. The molecule has 0 amide bonds. The molecular weight excluding hydrogens is 447 g/mol. The summed E-state index contributed by atoms with van der Waals surface area (Å²) < 4.78 is 39.6. The van der Waals surface area contributed by atoms with Gasteiger partial charge in [0.1, 0.15) is 10.8 Å². The number of hydrogen-bond acceptors (Lipinski definition) is 9. The molecule has 2 heterocycles. The van der Waals surface area contributed by atoms with Gasteiger partial charge in [-0.1, -0.05) is 25.5 Å². The second kappa shape index (κ2) is 9.53. The Labute approximate surface area is 186 Å². The molecule has 0 fully saturated rings. The minimum absolute atomic E-state index is 0.0155. The number of anilines is 2. The van der Waals surface area contributed by atoms with Crippen LogP contribution in [0.1, 0.15) is 25.5 Å². The highest BCUT2D eigenvalue weighted by Crippen LogP contribution is 2.37. The molecule has 0 aliphatic heterocycles. The Morgan fingerprint density at radius 3 is 2.47 bits per heavy atom. The first-order valence-corrected chi connectivity index (χ1v) is 10.8. The maximum Gasteiger partial charge on any atom is 0.465 e. The van der Waals surface area contributed by atoms with Crippen molar-refractivity contribution in [2.75, 3.05) is 23.8 Å². The number of fused-ring (bicyclic) bond motifs is 1. The molecule has 0 saturated heterocycles. The molecule has 3 rings (SSSR count). The first-order chi connectivity index (χ1) is 15.1. The standard InChI is InChI=1S/C20H24F3N5O3S/c1-3-12(10-29)8-9-24-16-15(17-26-13-6-4-5-7-14(13)32-17)11(2)25-18(27-16)28-20(30,31)19(21,22)23/h4-7,12,29-31H,3,8-10H2,1-2H3,(H2,24,25,27,28). The predicted octanol–water partition coefficient (Wildman–Crippen LogP) is 3.49. The summed E-state index contributed by atoms with van der Waals surface area (Å²) in [4.78, 5) is 12.7. The normalized spacial score (nSPS) is 13.4. The molecule has 0 saturated carbocycles. The molecule has 12 heteroatoms. The molecule has 1 unspecified atom stereocenters. The van der Waals surface area contributed by atoms with Gasteiger partial charge in [0.05, 0.1) is 21.5 Å². The van der Waals surface area contributed by atoms with E-state index in [-0.39, 0.29) is 18.3 Å². The summed E-state index contributed by atoms with van der Waals surface area (Å²) in [6.45, 7) is 3.92. The molecule has 5 N–H and O–H groups in total. The van der Waals surface area contributed by atoms with E-state index in [1.807, 2.05) is 31.2 Å². The molecule has 1 atom stereocenters. The molecule has 0 bridgehead atoms. The van der Waals surface area contributed by atoms with E-state index in [2.05, 4.69) is 20.3 Å². The van der Waals surface area contributed by atoms with Gasteiger partial charge in [0.15, 0.2) is 0 Å². The van der Waals surface area contributed by atoms with Crippen molar-refractivity contribution in [2.24, 2.45) is 5.92 Å². The lowest BCUT2D eigenvalue weighted by Crippen LogP contribution is -2.52. The maximum atomic E-state index is 12.9. The third-order valence-corrected chi connectivity index (χ3v) is 6.01. The Morgan fingerprint density at radius 2 is 1.84 bits per heavy atom. The number of halogens is 3. The van der Waals surface area contributed by atoms with Crippen LogP contribution >= 0.6 is 11.3 Å². The number of aliphatic hydroxyl groups is 3. The second-order valence-electron chi connectivity index (χ2n) is 7.31. The fourth-order valence-electron chi connectivity index (χ4n) is 3.04. The minimum atomic E-state index is -5.36. The summed E-state index contributed by atoms with van der Waals surface area (Å²) in [7, 11) is 0. The Kier molecular flexibility index (Phi) is 7.18. The van der Waals surface area contributed by atoms with Gasteiger partial charge in [-0.2, -0.15) is 18.2 Å². The van der Waals surface area contributed by atoms with Crippen LogP contribution in [-0.2, 0) is 0 Å². The maximum absolute atomic E-state index is 12.9. The third-order valence-electron chi connectivity index (χ3n) is 4.96. The zero-order valence-electron chi connectivity index (χ0n) is 17.4. The van der Waals surface area contributed by atoms with Crippen LogP contribution in [0.4, 0.5) is 24.9 Å². The highest BCUT2D eigenvalue weighted by Gasteiger charge is 2.54. The van der Waals surface area contributed by atoms with E-state index >= 15 is 0 Å². The van der Waals surface area contributed by atoms with Gasteiger partial charge in [0.2, 0.25) is 5.95 Å². The van der Waals surface area contributed by atoms with Gasteiger partial charge in [-0.25, -0.2) is 9.97 Å². The topological polar surface area (TPSA) is 123 Å². The highest BCUT2D eigenvalue weighted by molar-refractivity contribution is 7.21. The molecule has 32 heavy (non-hydrogen) atoms. The summed E-state index contributed by atoms with van der Waals surface area (Å²) in [6.07, 6.45) is -3.99. The van der Waals surface area contributed by atoms with Gasteiger partial charge in [-0.3, -0.25) is 5.32 Å². The van der Waals surface area contributed by atoms with E-state index in [4.69, 9.17) is 0 Å². The van der Waals surface area contributed by atoms with E-state index in [0.717, 1.165) is 16.6 Å². The quantitative estimate of drug-likeness (QED) is 0.301. The van der Waals surface area contributed by atoms with Gasteiger partial charge >= 0.3 is 12.1 Å². The number of para-hydroxylation sites is 1. The SMILES string of the molecule is CCC(CO)CCNc1nc(NC(O)(O)C(F)(F)F)nc(C)c1-c1nc2ccccc2s1. The van der Waals surface area contributed by atoms with Crippen molar-refractivity contribution in [3.05, 3.63) is 30.0 Å². The van der Waals surface area contributed by atoms with Crippen LogP contribution in [0.25, 0.3) is 20.8 Å². The van der Waals surface area contributed by atoms with Crippen molar-refractivity contribution in [2.45, 2.75) is 38.8 Å². The van der Waals surface area contributed by atoms with Crippen molar-refractivity contribution in [1.82, 2.24) is 15.0 Å². The number of rotatable bonds is 9. The average molecular weight is 472 g/mol. The van der Waals surface area contributed by atoms with Crippen LogP contribution in [0.3, 0.4) is 0 Å². The van der Waals surface area contributed by atoms with Crippen LogP contribution in [0.2, 0.25) is 0 Å². The number of aromatic nitrogens is 3. The molecule has 1 aromatic carbocycles. The number of nitrogens with one attached hydrogen (secondary N) is 2.